The van der Waals surface area contributed by atoms with Crippen molar-refractivity contribution in [3.63, 3.8) is 0 Å². The number of aromatic nitrogens is 1. The molecule has 2 aliphatic rings. The molecule has 0 spiro atoms. The van der Waals surface area contributed by atoms with Crippen molar-refractivity contribution in [2.24, 2.45) is 7.05 Å². The zero-order valence-electron chi connectivity index (χ0n) is 11.4. The lowest BCUT2D eigenvalue weighted by molar-refractivity contribution is -0.131. The van der Waals surface area contributed by atoms with Crippen LogP contribution < -0.4 is 5.32 Å². The minimum atomic E-state index is -0.362. The smallest absolute Gasteiger partial charge is 0.268 e. The lowest BCUT2D eigenvalue weighted by Gasteiger charge is -2.28. The Morgan fingerprint density at radius 2 is 2.25 bits per heavy atom. The Bertz CT molecular complexity index is 555. The maximum Gasteiger partial charge on any atom is 0.268 e. The summed E-state index contributed by atoms with van der Waals surface area (Å²) in [6, 6.07) is 1.73. The van der Waals surface area contributed by atoms with E-state index < -0.39 is 0 Å². The number of halogens is 1. The second kappa shape index (κ2) is 5.24. The van der Waals surface area contributed by atoms with Crippen LogP contribution in [0.1, 0.15) is 36.2 Å². The van der Waals surface area contributed by atoms with Gasteiger partial charge in [-0.05, 0) is 47.7 Å². The van der Waals surface area contributed by atoms with Crippen molar-refractivity contribution in [2.45, 2.75) is 37.8 Å². The van der Waals surface area contributed by atoms with Gasteiger partial charge in [-0.1, -0.05) is 0 Å². The highest BCUT2D eigenvalue weighted by atomic mass is 79.9. The molecule has 0 aliphatic carbocycles. The van der Waals surface area contributed by atoms with E-state index >= 15 is 0 Å². The number of nitrogens with one attached hydrogen (secondary N) is 1. The molecule has 3 rings (SSSR count). The predicted octanol–water partition coefficient (Wildman–Crippen LogP) is 1.67. The van der Waals surface area contributed by atoms with Gasteiger partial charge in [-0.2, -0.15) is 0 Å². The Balaban J connectivity index is 1.70. The second-order valence-electron chi connectivity index (χ2n) is 5.60. The van der Waals surface area contributed by atoms with E-state index in [1.807, 2.05) is 18.1 Å². The third-order valence-corrected chi connectivity index (χ3v) is 4.66. The van der Waals surface area contributed by atoms with E-state index in [1.165, 1.54) is 6.42 Å². The standard InChI is InChI=1S/C14H18BrN3O2/c1-17-8-9(15)6-12(17)13(19)16-11-7-10-4-2-3-5-18(10)14(11)20/h6,8,10-11H,2-5,7H2,1H3,(H,16,19). The van der Waals surface area contributed by atoms with Gasteiger partial charge < -0.3 is 14.8 Å². The molecule has 5 nitrogen and oxygen atoms in total. The summed E-state index contributed by atoms with van der Waals surface area (Å²) in [6.07, 6.45) is 5.90. The van der Waals surface area contributed by atoms with Crippen molar-refractivity contribution >= 4 is 27.7 Å². The molecular formula is C14H18BrN3O2. The van der Waals surface area contributed by atoms with Crippen LogP contribution in [-0.4, -0.2) is 39.9 Å². The van der Waals surface area contributed by atoms with E-state index in [1.54, 1.807) is 10.6 Å². The Hall–Kier alpha value is -1.30. The van der Waals surface area contributed by atoms with Crippen molar-refractivity contribution in [3.8, 4) is 0 Å². The molecule has 3 heterocycles. The third kappa shape index (κ3) is 2.37. The van der Waals surface area contributed by atoms with Gasteiger partial charge >= 0.3 is 0 Å². The molecule has 2 aliphatic heterocycles. The molecular weight excluding hydrogens is 322 g/mol. The Morgan fingerprint density at radius 1 is 1.45 bits per heavy atom. The van der Waals surface area contributed by atoms with Crippen LogP contribution >= 0.6 is 15.9 Å². The minimum Gasteiger partial charge on any atom is -0.345 e. The molecule has 108 valence electrons. The summed E-state index contributed by atoms with van der Waals surface area (Å²) >= 11 is 3.35. The van der Waals surface area contributed by atoms with E-state index in [9.17, 15) is 9.59 Å². The molecule has 1 aromatic rings. The first-order valence-corrected chi connectivity index (χ1v) is 7.79. The maximum atomic E-state index is 12.3. The van der Waals surface area contributed by atoms with Crippen molar-refractivity contribution in [1.29, 1.82) is 0 Å². The largest absolute Gasteiger partial charge is 0.345 e. The lowest BCUT2D eigenvalue weighted by atomic mass is 10.0. The third-order valence-electron chi connectivity index (χ3n) is 4.23. The fourth-order valence-corrected chi connectivity index (χ4v) is 3.74. The van der Waals surface area contributed by atoms with Gasteiger partial charge in [-0.3, -0.25) is 9.59 Å². The number of amides is 2. The SMILES string of the molecule is Cn1cc(Br)cc1C(=O)NC1CC2CCCCN2C1=O. The van der Waals surface area contributed by atoms with Gasteiger partial charge in [0.1, 0.15) is 11.7 Å². The van der Waals surface area contributed by atoms with Crippen molar-refractivity contribution in [1.82, 2.24) is 14.8 Å². The number of fused-ring (bicyclic) bond motifs is 1. The summed E-state index contributed by atoms with van der Waals surface area (Å²) in [4.78, 5) is 26.5. The van der Waals surface area contributed by atoms with Gasteiger partial charge in [-0.25, -0.2) is 0 Å². The first kappa shape index (κ1) is 13.7. The Labute approximate surface area is 126 Å². The topological polar surface area (TPSA) is 54.3 Å². The summed E-state index contributed by atoms with van der Waals surface area (Å²) in [5.74, 6) is -0.104. The number of hydrogen-bond donors (Lipinski definition) is 1. The molecule has 2 unspecified atom stereocenters. The number of carbonyl (C=O) groups is 2. The van der Waals surface area contributed by atoms with Crippen LogP contribution in [0.5, 0.6) is 0 Å². The summed E-state index contributed by atoms with van der Waals surface area (Å²) in [6.45, 7) is 0.839. The summed E-state index contributed by atoms with van der Waals surface area (Å²) in [5, 5.41) is 2.88. The van der Waals surface area contributed by atoms with E-state index in [2.05, 4.69) is 21.2 Å². The van der Waals surface area contributed by atoms with Gasteiger partial charge in [0.15, 0.2) is 0 Å². The Kier molecular flexibility index (Phi) is 3.58. The van der Waals surface area contributed by atoms with Crippen LogP contribution in [0.4, 0.5) is 0 Å². The van der Waals surface area contributed by atoms with E-state index in [4.69, 9.17) is 0 Å². The zero-order valence-corrected chi connectivity index (χ0v) is 13.0. The van der Waals surface area contributed by atoms with Crippen molar-refractivity contribution in [2.75, 3.05) is 6.54 Å². The molecule has 1 N–H and O–H groups in total. The summed E-state index contributed by atoms with van der Waals surface area (Å²) in [7, 11) is 1.82. The molecule has 0 aromatic carbocycles. The predicted molar refractivity (Wildman–Crippen MR) is 78.3 cm³/mol. The molecule has 1 aromatic heterocycles. The summed E-state index contributed by atoms with van der Waals surface area (Å²) in [5.41, 5.74) is 0.564. The number of aryl methyl sites for hydroxylation is 1. The molecule has 2 saturated heterocycles. The number of nitrogens with zero attached hydrogens (tertiary/aromatic N) is 2. The van der Waals surface area contributed by atoms with Gasteiger partial charge in [0, 0.05) is 30.3 Å². The Morgan fingerprint density at radius 3 is 2.90 bits per heavy atom. The molecule has 20 heavy (non-hydrogen) atoms. The van der Waals surface area contributed by atoms with Crippen molar-refractivity contribution < 1.29 is 9.59 Å². The first-order chi connectivity index (χ1) is 9.56. The minimum absolute atomic E-state index is 0.0799. The molecule has 2 amide bonds. The quantitative estimate of drug-likeness (QED) is 0.891. The van der Waals surface area contributed by atoms with Crippen LogP contribution in [0.2, 0.25) is 0 Å². The van der Waals surface area contributed by atoms with Crippen LogP contribution in [0.3, 0.4) is 0 Å². The maximum absolute atomic E-state index is 12.3. The van der Waals surface area contributed by atoms with Gasteiger partial charge in [-0.15, -0.1) is 0 Å². The van der Waals surface area contributed by atoms with Crippen molar-refractivity contribution in [3.05, 3.63) is 22.4 Å². The normalized spacial score (nSPS) is 25.7. The van der Waals surface area contributed by atoms with Gasteiger partial charge in [0.05, 0.1) is 0 Å². The molecule has 6 heteroatoms. The number of piperidine rings is 1. The molecule has 2 fully saturated rings. The monoisotopic (exact) mass is 339 g/mol. The van der Waals surface area contributed by atoms with Gasteiger partial charge in [0.25, 0.3) is 5.91 Å². The molecule has 0 bridgehead atoms. The van der Waals surface area contributed by atoms with Gasteiger partial charge in [0.2, 0.25) is 5.91 Å². The average molecular weight is 340 g/mol. The van der Waals surface area contributed by atoms with E-state index in [0.29, 0.717) is 11.7 Å². The zero-order chi connectivity index (χ0) is 14.3. The van der Waals surface area contributed by atoms with Crippen LogP contribution in [0.25, 0.3) is 0 Å². The average Bonchev–Trinajstić information content (AvgIpc) is 2.91. The number of rotatable bonds is 2. The fourth-order valence-electron chi connectivity index (χ4n) is 3.21. The highest BCUT2D eigenvalue weighted by Gasteiger charge is 2.41. The lowest BCUT2D eigenvalue weighted by Crippen LogP contribution is -2.43. The fraction of sp³-hybridized carbons (Fsp3) is 0.571. The van der Waals surface area contributed by atoms with Crippen LogP contribution in [0.15, 0.2) is 16.7 Å². The number of hydrogen-bond acceptors (Lipinski definition) is 2. The van der Waals surface area contributed by atoms with E-state index in [-0.39, 0.29) is 17.9 Å². The highest BCUT2D eigenvalue weighted by Crippen LogP contribution is 2.28. The van der Waals surface area contributed by atoms with Crippen LogP contribution in [-0.2, 0) is 11.8 Å². The molecule has 0 radical (unpaired) electrons. The van der Waals surface area contributed by atoms with Crippen LogP contribution in [0, 0.1) is 0 Å². The number of carbonyl (C=O) groups excluding carboxylic acids is 2. The molecule has 0 saturated carbocycles. The van der Waals surface area contributed by atoms with E-state index in [0.717, 1.165) is 30.3 Å². The second-order valence-corrected chi connectivity index (χ2v) is 6.51. The first-order valence-electron chi connectivity index (χ1n) is 6.99. The summed E-state index contributed by atoms with van der Waals surface area (Å²) < 4.78 is 2.62. The highest BCUT2D eigenvalue weighted by molar-refractivity contribution is 9.10. The molecule has 2 atom stereocenters.